The fraction of sp³-hybridized carbons (Fsp3) is 0.444. The first kappa shape index (κ1) is 17.1. The van der Waals surface area contributed by atoms with Crippen LogP contribution in [0.5, 0.6) is 11.5 Å². The number of urea groups is 1. The summed E-state index contributed by atoms with van der Waals surface area (Å²) in [4.78, 5) is 18.5. The summed E-state index contributed by atoms with van der Waals surface area (Å²) in [5.74, 6) is 0.987. The van der Waals surface area contributed by atoms with E-state index in [0.29, 0.717) is 24.8 Å². The molecule has 3 rings (SSSR count). The fourth-order valence-corrected chi connectivity index (χ4v) is 3.22. The number of amides is 2. The number of methoxy groups -OCH3 is 1. The molecule has 0 spiro atoms. The molecule has 1 aliphatic heterocycles. The Morgan fingerprint density at radius 3 is 3.00 bits per heavy atom. The second-order valence-corrected chi connectivity index (χ2v) is 6.45. The molecule has 0 radical (unpaired) electrons. The lowest BCUT2D eigenvalue weighted by molar-refractivity contribution is 0.140. The zero-order valence-electron chi connectivity index (χ0n) is 14.6. The number of hydrogen-bond acceptors (Lipinski definition) is 4. The lowest BCUT2D eigenvalue weighted by Crippen LogP contribution is -2.47. The van der Waals surface area contributed by atoms with Crippen molar-refractivity contribution in [2.45, 2.75) is 25.9 Å². The van der Waals surface area contributed by atoms with Gasteiger partial charge in [-0.1, -0.05) is 13.0 Å². The molecule has 2 unspecified atom stereocenters. The summed E-state index contributed by atoms with van der Waals surface area (Å²) in [6.45, 7) is 3.97. The highest BCUT2D eigenvalue weighted by Gasteiger charge is 2.29. The van der Waals surface area contributed by atoms with E-state index in [9.17, 15) is 9.90 Å². The number of likely N-dealkylation sites (tertiary alicyclic amines) is 1. The molecule has 2 amide bonds. The van der Waals surface area contributed by atoms with Gasteiger partial charge in [0, 0.05) is 32.0 Å². The van der Waals surface area contributed by atoms with E-state index in [4.69, 9.17) is 4.74 Å². The summed E-state index contributed by atoms with van der Waals surface area (Å²) in [5.41, 5.74) is 0.822. The molecule has 0 saturated carbocycles. The van der Waals surface area contributed by atoms with E-state index in [1.54, 1.807) is 18.3 Å². The third kappa shape index (κ3) is 3.87. The van der Waals surface area contributed by atoms with E-state index in [2.05, 4.69) is 21.8 Å². The number of phenols is 1. The van der Waals surface area contributed by atoms with E-state index in [0.717, 1.165) is 18.5 Å². The number of piperidine rings is 1. The fourth-order valence-electron chi connectivity index (χ4n) is 3.22. The highest BCUT2D eigenvalue weighted by molar-refractivity contribution is 5.74. The minimum atomic E-state index is -0.0904. The summed E-state index contributed by atoms with van der Waals surface area (Å²) >= 11 is 0. The Bertz CT molecular complexity index is 717. The molecule has 1 fully saturated rings. The minimum absolute atomic E-state index is 0.0706. The van der Waals surface area contributed by atoms with Gasteiger partial charge in [0.1, 0.15) is 0 Å². The van der Waals surface area contributed by atoms with E-state index >= 15 is 0 Å². The first-order valence-electron chi connectivity index (χ1n) is 8.44. The lowest BCUT2D eigenvalue weighted by atomic mass is 9.93. The van der Waals surface area contributed by atoms with E-state index in [-0.39, 0.29) is 17.8 Å². The summed E-state index contributed by atoms with van der Waals surface area (Å²) in [6, 6.07) is 5.27. The summed E-state index contributed by atoms with van der Waals surface area (Å²) in [7, 11) is 1.50. The molecule has 2 N–H and O–H groups in total. The van der Waals surface area contributed by atoms with Gasteiger partial charge in [-0.05, 0) is 30.0 Å². The second kappa shape index (κ2) is 7.46. The third-order valence-electron chi connectivity index (χ3n) is 4.80. The highest BCUT2D eigenvalue weighted by Crippen LogP contribution is 2.28. The molecule has 7 heteroatoms. The van der Waals surface area contributed by atoms with Crippen molar-refractivity contribution in [3.8, 4) is 11.5 Å². The van der Waals surface area contributed by atoms with Crippen molar-refractivity contribution in [2.75, 3.05) is 20.2 Å². The van der Waals surface area contributed by atoms with Crippen LogP contribution in [0.3, 0.4) is 0 Å². The number of imidazole rings is 1. The lowest BCUT2D eigenvalue weighted by Gasteiger charge is -2.37. The average Bonchev–Trinajstić information content (AvgIpc) is 3.14. The number of phenolic OH excluding ortho intramolecular Hbond substituents is 1. The molecular formula is C18H24N4O3. The zero-order valence-corrected chi connectivity index (χ0v) is 14.6. The van der Waals surface area contributed by atoms with Crippen LogP contribution in [-0.4, -0.2) is 45.8 Å². The molecule has 7 nitrogen and oxygen atoms in total. The van der Waals surface area contributed by atoms with Gasteiger partial charge in [-0.25, -0.2) is 9.78 Å². The smallest absolute Gasteiger partial charge is 0.317 e. The number of rotatable bonds is 4. The molecule has 2 aromatic rings. The topological polar surface area (TPSA) is 79.6 Å². The van der Waals surface area contributed by atoms with Crippen molar-refractivity contribution in [2.24, 2.45) is 5.92 Å². The Morgan fingerprint density at radius 2 is 2.32 bits per heavy atom. The predicted octanol–water partition coefficient (Wildman–Crippen LogP) is 2.39. The van der Waals surface area contributed by atoms with Crippen molar-refractivity contribution in [3.05, 3.63) is 42.5 Å². The first-order chi connectivity index (χ1) is 12.1. The number of nitrogens with one attached hydrogen (secondary N) is 1. The largest absolute Gasteiger partial charge is 0.504 e. The van der Waals surface area contributed by atoms with Crippen molar-refractivity contribution < 1.29 is 14.6 Å². The molecule has 1 aromatic carbocycles. The Labute approximate surface area is 147 Å². The number of ether oxygens (including phenoxy) is 1. The molecule has 1 aromatic heterocycles. The number of carbonyl (C=O) groups excluding carboxylic acids is 1. The molecule has 1 aliphatic rings. The van der Waals surface area contributed by atoms with Crippen LogP contribution < -0.4 is 10.1 Å². The predicted molar refractivity (Wildman–Crippen MR) is 93.5 cm³/mol. The molecule has 2 atom stereocenters. The van der Waals surface area contributed by atoms with Gasteiger partial charge in [0.25, 0.3) is 0 Å². The molecule has 2 heterocycles. The molecule has 134 valence electrons. The Balaban J connectivity index is 1.58. The van der Waals surface area contributed by atoms with Crippen molar-refractivity contribution in [1.82, 2.24) is 19.8 Å². The number of aromatic hydroxyl groups is 1. The van der Waals surface area contributed by atoms with Crippen LogP contribution in [0.1, 0.15) is 24.9 Å². The van der Waals surface area contributed by atoms with Crippen molar-refractivity contribution in [3.63, 3.8) is 0 Å². The number of nitrogens with zero attached hydrogens (tertiary/aromatic N) is 3. The van der Waals surface area contributed by atoms with Crippen LogP contribution in [-0.2, 0) is 6.54 Å². The van der Waals surface area contributed by atoms with Crippen molar-refractivity contribution in [1.29, 1.82) is 0 Å². The molecule has 0 bridgehead atoms. The van der Waals surface area contributed by atoms with Gasteiger partial charge in [-0.3, -0.25) is 0 Å². The number of carbonyl (C=O) groups is 1. The minimum Gasteiger partial charge on any atom is -0.504 e. The maximum atomic E-state index is 12.5. The van der Waals surface area contributed by atoms with Crippen LogP contribution in [0.2, 0.25) is 0 Å². The van der Waals surface area contributed by atoms with Crippen LogP contribution >= 0.6 is 0 Å². The maximum absolute atomic E-state index is 12.5. The van der Waals surface area contributed by atoms with Crippen LogP contribution in [0.4, 0.5) is 4.79 Å². The van der Waals surface area contributed by atoms with Gasteiger partial charge >= 0.3 is 6.03 Å². The van der Waals surface area contributed by atoms with Crippen LogP contribution in [0.25, 0.3) is 0 Å². The standard InChI is InChI=1S/C18H24N4O3/c1-13-5-7-21(11-15(13)22-8-6-19-12-22)18(24)20-10-14-3-4-17(25-2)16(23)9-14/h3-4,6,8-9,12-13,15,23H,5,7,10-11H2,1-2H3,(H,20,24). The van der Waals surface area contributed by atoms with Gasteiger partial charge < -0.3 is 24.6 Å². The van der Waals surface area contributed by atoms with Gasteiger partial charge in [-0.15, -0.1) is 0 Å². The molecule has 0 aliphatic carbocycles. The van der Waals surface area contributed by atoms with E-state index < -0.39 is 0 Å². The quantitative estimate of drug-likeness (QED) is 0.892. The number of benzene rings is 1. The maximum Gasteiger partial charge on any atom is 0.317 e. The van der Waals surface area contributed by atoms with Gasteiger partial charge in [0.15, 0.2) is 11.5 Å². The SMILES string of the molecule is COc1ccc(CNC(=O)N2CCC(C)C(n3ccnc3)C2)cc1O. The van der Waals surface area contributed by atoms with Gasteiger partial charge in [-0.2, -0.15) is 0 Å². The zero-order chi connectivity index (χ0) is 17.8. The van der Waals surface area contributed by atoms with Gasteiger partial charge in [0.2, 0.25) is 0 Å². The summed E-state index contributed by atoms with van der Waals surface area (Å²) in [5, 5.41) is 12.7. The second-order valence-electron chi connectivity index (χ2n) is 6.45. The average molecular weight is 344 g/mol. The Morgan fingerprint density at radius 1 is 1.48 bits per heavy atom. The highest BCUT2D eigenvalue weighted by atomic mass is 16.5. The number of hydrogen-bond donors (Lipinski definition) is 2. The van der Waals surface area contributed by atoms with E-state index in [1.807, 2.05) is 23.5 Å². The molecular weight excluding hydrogens is 320 g/mol. The normalized spacial score (nSPS) is 20.3. The van der Waals surface area contributed by atoms with E-state index in [1.165, 1.54) is 7.11 Å². The van der Waals surface area contributed by atoms with Crippen LogP contribution in [0, 0.1) is 5.92 Å². The van der Waals surface area contributed by atoms with Crippen LogP contribution in [0.15, 0.2) is 36.9 Å². The third-order valence-corrected chi connectivity index (χ3v) is 4.80. The summed E-state index contributed by atoms with van der Waals surface area (Å²) < 4.78 is 7.10. The molecule has 1 saturated heterocycles. The van der Waals surface area contributed by atoms with Crippen molar-refractivity contribution >= 4 is 6.03 Å². The Kier molecular flexibility index (Phi) is 5.11. The van der Waals surface area contributed by atoms with Gasteiger partial charge in [0.05, 0.1) is 19.5 Å². The Hall–Kier alpha value is -2.70. The first-order valence-corrected chi connectivity index (χ1v) is 8.44. The molecule has 25 heavy (non-hydrogen) atoms. The monoisotopic (exact) mass is 344 g/mol. The number of aromatic nitrogens is 2. The summed E-state index contributed by atoms with van der Waals surface area (Å²) in [6.07, 6.45) is 6.48.